The molecular weight excluding hydrogens is 361 g/mol. The Hall–Kier alpha value is -1.85. The van der Waals surface area contributed by atoms with Crippen molar-refractivity contribution in [2.24, 2.45) is 5.92 Å². The fourth-order valence-electron chi connectivity index (χ4n) is 2.88. The number of aryl methyl sites for hydroxylation is 1. The number of carbonyl (C=O) groups is 1. The molecule has 3 rings (SSSR count). The Bertz CT molecular complexity index is 744. The zero-order valence-corrected chi connectivity index (χ0v) is 15.3. The Morgan fingerprint density at radius 3 is 2.56 bits per heavy atom. The summed E-state index contributed by atoms with van der Waals surface area (Å²) in [6.45, 7) is 1.91. The van der Waals surface area contributed by atoms with Gasteiger partial charge in [-0.05, 0) is 50.8 Å². The van der Waals surface area contributed by atoms with Crippen molar-refractivity contribution in [2.75, 3.05) is 5.32 Å². The van der Waals surface area contributed by atoms with E-state index in [-0.39, 0.29) is 17.9 Å². The molecule has 5 nitrogen and oxygen atoms in total. The van der Waals surface area contributed by atoms with E-state index in [9.17, 15) is 4.79 Å². The number of nitrogens with one attached hydrogen (secondary N) is 1. The summed E-state index contributed by atoms with van der Waals surface area (Å²) in [5, 5.41) is 3.81. The molecule has 2 heterocycles. The van der Waals surface area contributed by atoms with Gasteiger partial charge >= 0.3 is 0 Å². The van der Waals surface area contributed by atoms with Crippen LogP contribution in [0.25, 0.3) is 0 Å². The molecule has 0 spiro atoms. The van der Waals surface area contributed by atoms with Gasteiger partial charge in [-0.15, -0.1) is 0 Å². The van der Waals surface area contributed by atoms with Crippen LogP contribution in [0.1, 0.15) is 31.4 Å². The molecule has 1 saturated carbocycles. The predicted molar refractivity (Wildman–Crippen MR) is 98.2 cm³/mol. The molecule has 1 aliphatic rings. The molecule has 0 atom stereocenters. The Balaban J connectivity index is 1.51. The van der Waals surface area contributed by atoms with Crippen LogP contribution in [0.2, 0.25) is 10.0 Å². The number of rotatable bonds is 4. The SMILES string of the molecule is Cc1ccc(NC(=O)C2CCC(Oc3ncc(Cl)cc3Cl)CC2)cn1. The number of halogens is 2. The first-order chi connectivity index (χ1) is 12.0. The van der Waals surface area contributed by atoms with E-state index < -0.39 is 0 Å². The lowest BCUT2D eigenvalue weighted by Gasteiger charge is -2.28. The van der Waals surface area contributed by atoms with E-state index in [1.54, 1.807) is 12.3 Å². The molecule has 0 aromatic carbocycles. The summed E-state index contributed by atoms with van der Waals surface area (Å²) in [4.78, 5) is 20.7. The Labute approximate surface area is 156 Å². The minimum Gasteiger partial charge on any atom is -0.473 e. The number of anilines is 1. The van der Waals surface area contributed by atoms with Gasteiger partial charge in [0.05, 0.1) is 16.9 Å². The molecule has 25 heavy (non-hydrogen) atoms. The summed E-state index contributed by atoms with van der Waals surface area (Å²) in [5.41, 5.74) is 1.65. The highest BCUT2D eigenvalue weighted by Gasteiger charge is 2.28. The number of hydrogen-bond acceptors (Lipinski definition) is 4. The van der Waals surface area contributed by atoms with E-state index >= 15 is 0 Å². The Kier molecular flexibility index (Phi) is 5.76. The number of nitrogens with zero attached hydrogens (tertiary/aromatic N) is 2. The maximum absolute atomic E-state index is 12.4. The number of hydrogen-bond donors (Lipinski definition) is 1. The van der Waals surface area contributed by atoms with Gasteiger partial charge in [0.15, 0.2) is 0 Å². The van der Waals surface area contributed by atoms with Gasteiger partial charge < -0.3 is 10.1 Å². The summed E-state index contributed by atoms with van der Waals surface area (Å²) in [6, 6.07) is 5.35. The molecule has 7 heteroatoms. The lowest BCUT2D eigenvalue weighted by Crippen LogP contribution is -2.31. The normalized spacial score (nSPS) is 20.1. The standard InChI is InChI=1S/C18H19Cl2N3O2/c1-11-2-5-14(10-21-11)23-17(24)12-3-6-15(7-4-12)25-18-16(20)8-13(19)9-22-18/h2,5,8-10,12,15H,3-4,6-7H2,1H3,(H,23,24). The van der Waals surface area contributed by atoms with Gasteiger partial charge in [0.2, 0.25) is 11.8 Å². The number of amides is 1. The lowest BCUT2D eigenvalue weighted by molar-refractivity contribution is -0.121. The van der Waals surface area contributed by atoms with Gasteiger partial charge in [-0.25, -0.2) is 4.98 Å². The van der Waals surface area contributed by atoms with Gasteiger partial charge in [0.1, 0.15) is 11.1 Å². The molecule has 0 saturated heterocycles. The first kappa shape index (κ1) is 18.0. The summed E-state index contributed by atoms with van der Waals surface area (Å²) in [7, 11) is 0. The van der Waals surface area contributed by atoms with Gasteiger partial charge in [-0.3, -0.25) is 9.78 Å². The highest BCUT2D eigenvalue weighted by molar-refractivity contribution is 6.35. The average Bonchev–Trinajstić information content (AvgIpc) is 2.60. The van der Waals surface area contributed by atoms with E-state index in [0.717, 1.165) is 37.1 Å². The third kappa shape index (κ3) is 4.83. The van der Waals surface area contributed by atoms with Crippen molar-refractivity contribution in [1.82, 2.24) is 9.97 Å². The van der Waals surface area contributed by atoms with Crippen molar-refractivity contribution in [3.63, 3.8) is 0 Å². The zero-order valence-electron chi connectivity index (χ0n) is 13.8. The maximum atomic E-state index is 12.4. The first-order valence-corrected chi connectivity index (χ1v) is 8.98. The van der Waals surface area contributed by atoms with Crippen LogP contribution in [0.5, 0.6) is 5.88 Å². The van der Waals surface area contributed by atoms with Crippen molar-refractivity contribution in [1.29, 1.82) is 0 Å². The minimum atomic E-state index is -0.0187. The van der Waals surface area contributed by atoms with E-state index in [1.807, 2.05) is 19.1 Å². The quantitative estimate of drug-likeness (QED) is 0.837. The van der Waals surface area contributed by atoms with Gasteiger partial charge in [-0.1, -0.05) is 23.2 Å². The van der Waals surface area contributed by atoms with E-state index in [1.165, 1.54) is 6.20 Å². The fourth-order valence-corrected chi connectivity index (χ4v) is 3.30. The Morgan fingerprint density at radius 2 is 1.92 bits per heavy atom. The topological polar surface area (TPSA) is 64.1 Å². The third-order valence-electron chi connectivity index (χ3n) is 4.28. The molecule has 1 amide bonds. The van der Waals surface area contributed by atoms with Crippen LogP contribution in [-0.4, -0.2) is 22.0 Å². The molecule has 0 aliphatic heterocycles. The molecule has 0 bridgehead atoms. The van der Waals surface area contributed by atoms with E-state index in [0.29, 0.717) is 15.9 Å². The average molecular weight is 380 g/mol. The largest absolute Gasteiger partial charge is 0.473 e. The predicted octanol–water partition coefficient (Wildman–Crippen LogP) is 4.67. The smallest absolute Gasteiger partial charge is 0.232 e. The molecule has 1 N–H and O–H groups in total. The monoisotopic (exact) mass is 379 g/mol. The molecule has 132 valence electrons. The molecular formula is C18H19Cl2N3O2. The molecule has 1 aliphatic carbocycles. The first-order valence-electron chi connectivity index (χ1n) is 8.22. The third-order valence-corrected chi connectivity index (χ3v) is 4.75. The van der Waals surface area contributed by atoms with Gasteiger partial charge in [-0.2, -0.15) is 0 Å². The van der Waals surface area contributed by atoms with Crippen LogP contribution in [0.4, 0.5) is 5.69 Å². The number of carbonyl (C=O) groups excluding carboxylic acids is 1. The minimum absolute atomic E-state index is 0.0104. The van der Waals surface area contributed by atoms with Crippen LogP contribution in [0.15, 0.2) is 30.6 Å². The van der Waals surface area contributed by atoms with Crippen LogP contribution in [0, 0.1) is 12.8 Å². The molecule has 2 aromatic heterocycles. The molecule has 0 unspecified atom stereocenters. The van der Waals surface area contributed by atoms with Crippen LogP contribution < -0.4 is 10.1 Å². The van der Waals surface area contributed by atoms with Crippen molar-refractivity contribution in [3.8, 4) is 5.88 Å². The van der Waals surface area contributed by atoms with Crippen molar-refractivity contribution in [2.45, 2.75) is 38.7 Å². The second kappa shape index (κ2) is 8.02. The molecule has 2 aromatic rings. The number of ether oxygens (including phenoxy) is 1. The fraction of sp³-hybridized carbons (Fsp3) is 0.389. The Morgan fingerprint density at radius 1 is 1.16 bits per heavy atom. The summed E-state index contributed by atoms with van der Waals surface area (Å²) < 4.78 is 5.86. The van der Waals surface area contributed by atoms with Crippen LogP contribution in [-0.2, 0) is 4.79 Å². The van der Waals surface area contributed by atoms with E-state index in [2.05, 4.69) is 15.3 Å². The van der Waals surface area contributed by atoms with Crippen LogP contribution in [0.3, 0.4) is 0 Å². The second-order valence-corrected chi connectivity index (χ2v) is 7.05. The van der Waals surface area contributed by atoms with Crippen molar-refractivity contribution < 1.29 is 9.53 Å². The zero-order chi connectivity index (χ0) is 17.8. The summed E-state index contributed by atoms with van der Waals surface area (Å²) >= 11 is 11.9. The highest BCUT2D eigenvalue weighted by atomic mass is 35.5. The number of pyridine rings is 2. The molecule has 1 fully saturated rings. The summed E-state index contributed by atoms with van der Waals surface area (Å²) in [5.74, 6) is 0.409. The van der Waals surface area contributed by atoms with Crippen LogP contribution >= 0.6 is 23.2 Å². The van der Waals surface area contributed by atoms with E-state index in [4.69, 9.17) is 27.9 Å². The van der Waals surface area contributed by atoms with Crippen molar-refractivity contribution in [3.05, 3.63) is 46.3 Å². The number of aromatic nitrogens is 2. The summed E-state index contributed by atoms with van der Waals surface area (Å²) in [6.07, 6.45) is 6.29. The van der Waals surface area contributed by atoms with Gasteiger partial charge in [0.25, 0.3) is 0 Å². The molecule has 0 radical (unpaired) electrons. The van der Waals surface area contributed by atoms with Crippen molar-refractivity contribution >= 4 is 34.8 Å². The highest BCUT2D eigenvalue weighted by Crippen LogP contribution is 2.31. The maximum Gasteiger partial charge on any atom is 0.232 e. The van der Waals surface area contributed by atoms with Gasteiger partial charge in [0, 0.05) is 17.8 Å². The lowest BCUT2D eigenvalue weighted by atomic mass is 9.86. The second-order valence-electron chi connectivity index (χ2n) is 6.21.